The van der Waals surface area contributed by atoms with E-state index in [1.807, 2.05) is 9.47 Å². The average molecular weight is 411 g/mol. The molecule has 1 aromatic carbocycles. The molecule has 0 radical (unpaired) electrons. The van der Waals surface area contributed by atoms with Gasteiger partial charge in [0.2, 0.25) is 0 Å². The molecular weight excluding hydrogens is 385 g/mol. The van der Waals surface area contributed by atoms with Crippen LogP contribution in [0.3, 0.4) is 0 Å². The van der Waals surface area contributed by atoms with Gasteiger partial charge in [-0.3, -0.25) is 9.59 Å². The summed E-state index contributed by atoms with van der Waals surface area (Å²) in [6, 6.07) is 7.90. The van der Waals surface area contributed by atoms with Crippen molar-refractivity contribution in [1.29, 1.82) is 0 Å². The predicted molar refractivity (Wildman–Crippen MR) is 109 cm³/mol. The summed E-state index contributed by atoms with van der Waals surface area (Å²) >= 11 is 0. The number of likely N-dealkylation sites (tertiary alicyclic amines) is 1. The Morgan fingerprint density at radius 3 is 2.53 bits per heavy atom. The van der Waals surface area contributed by atoms with Gasteiger partial charge in [-0.2, -0.15) is 0 Å². The zero-order valence-corrected chi connectivity index (χ0v) is 16.9. The summed E-state index contributed by atoms with van der Waals surface area (Å²) in [4.78, 5) is 28.2. The molecule has 2 aliphatic heterocycles. The molecule has 5 rings (SSSR count). The van der Waals surface area contributed by atoms with Crippen molar-refractivity contribution in [3.63, 3.8) is 0 Å². The maximum Gasteiger partial charge on any atom is 0.270 e. The van der Waals surface area contributed by atoms with Crippen molar-refractivity contribution in [3.8, 4) is 0 Å². The topological polar surface area (TPSA) is 63.6 Å². The number of amides is 2. The lowest BCUT2D eigenvalue weighted by atomic mass is 10.0. The van der Waals surface area contributed by atoms with E-state index in [9.17, 15) is 14.0 Å². The molecule has 3 aliphatic rings. The molecule has 0 spiro atoms. The molecule has 3 heterocycles. The number of fused-ring (bicyclic) bond motifs is 1. The number of hydrogen-bond donors (Lipinski definition) is 1. The molecule has 1 atom stereocenters. The number of benzene rings is 1. The Kier molecular flexibility index (Phi) is 5.06. The Bertz CT molecular complexity index is 959. The van der Waals surface area contributed by atoms with Crippen molar-refractivity contribution < 1.29 is 18.7 Å². The van der Waals surface area contributed by atoms with Gasteiger partial charge in [0.15, 0.2) is 0 Å². The highest BCUT2D eigenvalue weighted by Gasteiger charge is 2.35. The van der Waals surface area contributed by atoms with E-state index in [1.165, 1.54) is 12.1 Å². The second kappa shape index (κ2) is 7.87. The summed E-state index contributed by atoms with van der Waals surface area (Å²) in [5.74, 6) is -0.138. The van der Waals surface area contributed by atoms with E-state index in [1.54, 1.807) is 18.2 Å². The minimum Gasteiger partial charge on any atom is -0.373 e. The third kappa shape index (κ3) is 3.62. The molecule has 30 heavy (non-hydrogen) atoms. The van der Waals surface area contributed by atoms with Crippen LogP contribution in [-0.2, 0) is 17.9 Å². The number of nitrogens with one attached hydrogen (secondary N) is 1. The Morgan fingerprint density at radius 1 is 1.10 bits per heavy atom. The van der Waals surface area contributed by atoms with Gasteiger partial charge in [-0.15, -0.1) is 0 Å². The summed E-state index contributed by atoms with van der Waals surface area (Å²) in [5, 5.41) is 3.15. The fourth-order valence-electron chi connectivity index (χ4n) is 4.57. The minimum absolute atomic E-state index is 0.00743. The van der Waals surface area contributed by atoms with Crippen LogP contribution in [0, 0.1) is 11.7 Å². The number of carbonyl (C=O) groups is 2. The number of rotatable bonds is 5. The Labute approximate surface area is 175 Å². The van der Waals surface area contributed by atoms with Crippen LogP contribution in [-0.4, -0.2) is 41.0 Å². The lowest BCUT2D eigenvalue weighted by Gasteiger charge is -2.22. The molecule has 1 aliphatic carbocycles. The fraction of sp³-hybridized carbons (Fsp3) is 0.478. The van der Waals surface area contributed by atoms with Crippen molar-refractivity contribution in [2.75, 3.05) is 19.7 Å². The molecule has 2 amide bonds. The average Bonchev–Trinajstić information content (AvgIpc) is 3.31. The molecule has 1 saturated heterocycles. The van der Waals surface area contributed by atoms with Crippen molar-refractivity contribution in [2.24, 2.45) is 5.92 Å². The maximum atomic E-state index is 13.3. The van der Waals surface area contributed by atoms with E-state index in [2.05, 4.69) is 5.32 Å². The first-order chi connectivity index (χ1) is 14.6. The summed E-state index contributed by atoms with van der Waals surface area (Å²) in [7, 11) is 0. The fourth-order valence-corrected chi connectivity index (χ4v) is 4.57. The van der Waals surface area contributed by atoms with Gasteiger partial charge >= 0.3 is 0 Å². The van der Waals surface area contributed by atoms with E-state index in [0.717, 1.165) is 50.0 Å². The first-order valence-electron chi connectivity index (χ1n) is 10.8. The number of hydrogen-bond acceptors (Lipinski definition) is 3. The van der Waals surface area contributed by atoms with Crippen LogP contribution in [0.5, 0.6) is 0 Å². The van der Waals surface area contributed by atoms with Gasteiger partial charge in [0.25, 0.3) is 11.8 Å². The zero-order valence-electron chi connectivity index (χ0n) is 16.9. The zero-order chi connectivity index (χ0) is 20.7. The van der Waals surface area contributed by atoms with E-state index in [-0.39, 0.29) is 23.7 Å². The minimum atomic E-state index is -0.289. The molecule has 1 unspecified atom stereocenters. The standard InChI is InChI=1S/C23H26FN3O3/c24-17-7-5-16(6-8-17)21(15-3-4-15)25-22(28)18-13-19(23(29)26-9-1-2-10-26)27-11-12-30-14-20(18)27/h5-8,13,15,21H,1-4,9-12,14H2,(H,25,28). The van der Waals surface area contributed by atoms with Crippen LogP contribution in [0.4, 0.5) is 4.39 Å². The number of nitrogens with zero attached hydrogens (tertiary/aromatic N) is 2. The highest BCUT2D eigenvalue weighted by molar-refractivity contribution is 6.01. The lowest BCUT2D eigenvalue weighted by molar-refractivity contribution is 0.0714. The van der Waals surface area contributed by atoms with E-state index < -0.39 is 0 Å². The molecule has 2 aromatic rings. The molecule has 158 valence electrons. The van der Waals surface area contributed by atoms with Gasteiger partial charge in [-0.1, -0.05) is 12.1 Å². The third-order valence-electron chi connectivity index (χ3n) is 6.37. The van der Waals surface area contributed by atoms with Gasteiger partial charge < -0.3 is 19.5 Å². The van der Waals surface area contributed by atoms with Gasteiger partial charge in [0.1, 0.15) is 11.5 Å². The Balaban J connectivity index is 1.43. The van der Waals surface area contributed by atoms with Crippen LogP contribution >= 0.6 is 0 Å². The molecule has 1 saturated carbocycles. The van der Waals surface area contributed by atoms with E-state index >= 15 is 0 Å². The predicted octanol–water partition coefficient (Wildman–Crippen LogP) is 3.27. The summed E-state index contributed by atoms with van der Waals surface area (Å²) in [6.07, 6.45) is 4.13. The number of carbonyl (C=O) groups excluding carboxylic acids is 2. The second-order valence-corrected chi connectivity index (χ2v) is 8.43. The molecule has 1 N–H and O–H groups in total. The van der Waals surface area contributed by atoms with Gasteiger partial charge in [0.05, 0.1) is 30.5 Å². The van der Waals surface area contributed by atoms with E-state index in [0.29, 0.717) is 36.9 Å². The highest BCUT2D eigenvalue weighted by atomic mass is 19.1. The molecule has 6 nitrogen and oxygen atoms in total. The lowest BCUT2D eigenvalue weighted by Crippen LogP contribution is -2.31. The normalized spacial score (nSPS) is 19.4. The first kappa shape index (κ1) is 19.3. The number of halogens is 1. The smallest absolute Gasteiger partial charge is 0.270 e. The van der Waals surface area contributed by atoms with Gasteiger partial charge in [-0.25, -0.2) is 4.39 Å². The van der Waals surface area contributed by atoms with Gasteiger partial charge in [-0.05, 0) is 55.4 Å². The van der Waals surface area contributed by atoms with Crippen LogP contribution < -0.4 is 5.32 Å². The van der Waals surface area contributed by atoms with Crippen molar-refractivity contribution in [2.45, 2.75) is 44.9 Å². The monoisotopic (exact) mass is 411 g/mol. The highest BCUT2D eigenvalue weighted by Crippen LogP contribution is 2.41. The summed E-state index contributed by atoms with van der Waals surface area (Å²) < 4.78 is 20.9. The number of aromatic nitrogens is 1. The van der Waals surface area contributed by atoms with Crippen LogP contribution in [0.15, 0.2) is 30.3 Å². The van der Waals surface area contributed by atoms with Crippen LogP contribution in [0.1, 0.15) is 63.8 Å². The molecular formula is C23H26FN3O3. The first-order valence-corrected chi connectivity index (χ1v) is 10.8. The second-order valence-electron chi connectivity index (χ2n) is 8.43. The van der Waals surface area contributed by atoms with Crippen LogP contribution in [0.25, 0.3) is 0 Å². The SMILES string of the molecule is O=C(NC(c1ccc(F)cc1)C1CC1)c1cc(C(=O)N2CCCC2)n2c1COCC2. The van der Waals surface area contributed by atoms with Gasteiger partial charge in [0, 0.05) is 19.6 Å². The van der Waals surface area contributed by atoms with Crippen molar-refractivity contribution in [3.05, 3.63) is 58.7 Å². The summed E-state index contributed by atoms with van der Waals surface area (Å²) in [6.45, 7) is 2.96. The molecule has 0 bridgehead atoms. The van der Waals surface area contributed by atoms with Crippen molar-refractivity contribution in [1.82, 2.24) is 14.8 Å². The van der Waals surface area contributed by atoms with Crippen LogP contribution in [0.2, 0.25) is 0 Å². The molecule has 1 aromatic heterocycles. The Morgan fingerprint density at radius 2 is 1.83 bits per heavy atom. The number of ether oxygens (including phenoxy) is 1. The third-order valence-corrected chi connectivity index (χ3v) is 6.37. The van der Waals surface area contributed by atoms with E-state index in [4.69, 9.17) is 4.74 Å². The molecule has 2 fully saturated rings. The summed E-state index contributed by atoms with van der Waals surface area (Å²) in [5.41, 5.74) is 2.75. The van der Waals surface area contributed by atoms with Crippen molar-refractivity contribution >= 4 is 11.8 Å². The largest absolute Gasteiger partial charge is 0.373 e. The molecule has 7 heteroatoms. The maximum absolute atomic E-state index is 13.3. The quantitative estimate of drug-likeness (QED) is 0.821. The Hall–Kier alpha value is -2.67.